The number of ether oxygens (including phenoxy) is 2. The van der Waals surface area contributed by atoms with Crippen molar-refractivity contribution >= 4 is 5.91 Å². The van der Waals surface area contributed by atoms with Gasteiger partial charge in [0, 0.05) is 24.3 Å². The van der Waals surface area contributed by atoms with Gasteiger partial charge in [-0.3, -0.25) is 4.79 Å². The van der Waals surface area contributed by atoms with E-state index in [1.807, 2.05) is 0 Å². The number of amides is 1. The van der Waals surface area contributed by atoms with Crippen LogP contribution in [0.4, 0.5) is 13.2 Å². The Kier molecular flexibility index (Phi) is 5.90. The molecule has 0 bridgehead atoms. The van der Waals surface area contributed by atoms with Crippen LogP contribution in [0.1, 0.15) is 91.9 Å². The molecule has 2 aliphatic heterocycles. The number of halogens is 3. The zero-order valence-electron chi connectivity index (χ0n) is 22.3. The number of rotatable bonds is 1. The van der Waals surface area contributed by atoms with Crippen LogP contribution >= 0.6 is 0 Å². The maximum absolute atomic E-state index is 13.6. The molecule has 4 nitrogen and oxygen atoms in total. The lowest BCUT2D eigenvalue weighted by molar-refractivity contribution is -0.273. The molecule has 1 N–H and O–H groups in total. The van der Waals surface area contributed by atoms with Crippen LogP contribution in [-0.4, -0.2) is 36.6 Å². The van der Waals surface area contributed by atoms with Crippen LogP contribution in [-0.2, 0) is 14.3 Å². The number of alkyl halides is 3. The topological polar surface area (TPSA) is 47.6 Å². The molecule has 6 aliphatic rings. The van der Waals surface area contributed by atoms with Crippen LogP contribution in [0.5, 0.6) is 0 Å². The molecule has 6 fully saturated rings. The maximum Gasteiger partial charge on any atom is 0.471 e. The van der Waals surface area contributed by atoms with Gasteiger partial charge in [0.2, 0.25) is 0 Å². The summed E-state index contributed by atoms with van der Waals surface area (Å²) in [5, 5.41) is 2.59. The van der Waals surface area contributed by atoms with Crippen molar-refractivity contribution in [2.45, 2.75) is 116 Å². The van der Waals surface area contributed by atoms with Gasteiger partial charge in [-0.05, 0) is 85.4 Å². The largest absolute Gasteiger partial charge is 0.471 e. The van der Waals surface area contributed by atoms with Crippen LogP contribution in [0.3, 0.4) is 0 Å². The molecule has 4 aliphatic carbocycles. The van der Waals surface area contributed by atoms with Gasteiger partial charge in [-0.2, -0.15) is 13.2 Å². The summed E-state index contributed by atoms with van der Waals surface area (Å²) in [6.07, 6.45) is 5.83. The smallest absolute Gasteiger partial charge is 0.349 e. The number of fused-ring (bicyclic) bond motifs is 7. The van der Waals surface area contributed by atoms with E-state index >= 15 is 0 Å². The fraction of sp³-hybridized carbons (Fsp3) is 0.966. The predicted molar refractivity (Wildman–Crippen MR) is 130 cm³/mol. The van der Waals surface area contributed by atoms with Gasteiger partial charge in [-0.15, -0.1) is 0 Å². The van der Waals surface area contributed by atoms with E-state index in [0.29, 0.717) is 36.7 Å². The van der Waals surface area contributed by atoms with Crippen LogP contribution in [0, 0.1) is 52.3 Å². The lowest BCUT2D eigenvalue weighted by Gasteiger charge is -2.63. The standard InChI is InChI=1S/C29H44F3NO3/c1-16-10-12-28(35-15-16)17(2)24-22(36-28)13-21-19-9-8-18-7-5-6-11-26(18,3)20(19)14-23(27(21,24)4)33-25(34)29(30,31)32/h16-24H,5-15H2,1-4H3,(H,33,34)/t16-,17+,18-,19-,20+,21+,22+,23?,24+,26+,27-,28-/m1/s1. The number of nitrogens with one attached hydrogen (secondary N) is 1. The fourth-order valence-corrected chi connectivity index (χ4v) is 10.7. The molecule has 204 valence electrons. The number of hydrogen-bond acceptors (Lipinski definition) is 3. The highest BCUT2D eigenvalue weighted by Crippen LogP contribution is 2.71. The Labute approximate surface area is 213 Å². The van der Waals surface area contributed by atoms with Crippen molar-refractivity contribution in [2.75, 3.05) is 6.61 Å². The van der Waals surface area contributed by atoms with E-state index in [0.717, 1.165) is 32.1 Å². The summed E-state index contributed by atoms with van der Waals surface area (Å²) >= 11 is 0. The highest BCUT2D eigenvalue weighted by Gasteiger charge is 2.72. The molecule has 1 spiro atoms. The summed E-state index contributed by atoms with van der Waals surface area (Å²) in [7, 11) is 0. The van der Waals surface area contributed by atoms with Gasteiger partial charge in [-0.25, -0.2) is 0 Å². The van der Waals surface area contributed by atoms with Crippen molar-refractivity contribution in [2.24, 2.45) is 52.3 Å². The minimum atomic E-state index is -4.87. The summed E-state index contributed by atoms with van der Waals surface area (Å²) in [6, 6.07) is -0.492. The molecule has 0 radical (unpaired) electrons. The normalized spacial score (nSPS) is 54.4. The first kappa shape index (κ1) is 25.5. The molecule has 0 aromatic heterocycles. The van der Waals surface area contributed by atoms with Gasteiger partial charge in [0.15, 0.2) is 5.79 Å². The van der Waals surface area contributed by atoms with E-state index in [1.165, 1.54) is 25.7 Å². The van der Waals surface area contributed by atoms with Crippen LogP contribution in [0.2, 0.25) is 0 Å². The second-order valence-corrected chi connectivity index (χ2v) is 14.0. The lowest BCUT2D eigenvalue weighted by Crippen LogP contribution is -2.64. The Morgan fingerprint density at radius 1 is 0.972 bits per heavy atom. The lowest BCUT2D eigenvalue weighted by atomic mass is 9.43. The van der Waals surface area contributed by atoms with Gasteiger partial charge in [-0.1, -0.05) is 40.5 Å². The minimum Gasteiger partial charge on any atom is -0.349 e. The first-order chi connectivity index (χ1) is 16.9. The van der Waals surface area contributed by atoms with E-state index in [4.69, 9.17) is 9.47 Å². The Balaban J connectivity index is 1.37. The van der Waals surface area contributed by atoms with Gasteiger partial charge in [0.25, 0.3) is 0 Å². The van der Waals surface area contributed by atoms with E-state index in [9.17, 15) is 18.0 Å². The Morgan fingerprint density at radius 3 is 2.44 bits per heavy atom. The molecule has 7 heteroatoms. The fourth-order valence-electron chi connectivity index (χ4n) is 10.7. The van der Waals surface area contributed by atoms with E-state index < -0.39 is 29.3 Å². The van der Waals surface area contributed by atoms with Crippen molar-refractivity contribution in [3.05, 3.63) is 0 Å². The van der Waals surface area contributed by atoms with Crippen molar-refractivity contribution in [3.8, 4) is 0 Å². The Bertz CT molecular complexity index is 885. The third-order valence-corrected chi connectivity index (χ3v) is 12.6. The van der Waals surface area contributed by atoms with E-state index in [1.54, 1.807) is 0 Å². The highest BCUT2D eigenvalue weighted by atomic mass is 19.4. The average Bonchev–Trinajstić information content (AvgIpc) is 3.26. The van der Waals surface area contributed by atoms with Crippen molar-refractivity contribution in [1.29, 1.82) is 0 Å². The molecule has 0 aromatic carbocycles. The van der Waals surface area contributed by atoms with Gasteiger partial charge >= 0.3 is 12.1 Å². The van der Waals surface area contributed by atoms with Gasteiger partial charge in [0.1, 0.15) is 0 Å². The first-order valence-electron chi connectivity index (χ1n) is 14.6. The average molecular weight is 512 g/mol. The zero-order valence-corrected chi connectivity index (χ0v) is 22.3. The first-order valence-corrected chi connectivity index (χ1v) is 14.6. The zero-order chi connectivity index (χ0) is 25.7. The van der Waals surface area contributed by atoms with Gasteiger partial charge < -0.3 is 14.8 Å². The summed E-state index contributed by atoms with van der Waals surface area (Å²) in [6.45, 7) is 9.67. The number of carbonyl (C=O) groups is 1. The molecule has 12 atom stereocenters. The molecule has 2 heterocycles. The summed E-state index contributed by atoms with van der Waals surface area (Å²) in [5.74, 6) is 0.0648. The third kappa shape index (κ3) is 3.49. The molecule has 6 rings (SSSR count). The summed E-state index contributed by atoms with van der Waals surface area (Å²) in [5.41, 5.74) is -0.266. The minimum absolute atomic E-state index is 0.00988. The van der Waals surface area contributed by atoms with Crippen LogP contribution in [0.15, 0.2) is 0 Å². The monoisotopic (exact) mass is 511 g/mol. The molecule has 0 aromatic rings. The molecule has 1 amide bonds. The van der Waals surface area contributed by atoms with Gasteiger partial charge in [0.05, 0.1) is 12.7 Å². The summed E-state index contributed by atoms with van der Waals surface area (Å²) < 4.78 is 53.9. The molecule has 1 unspecified atom stereocenters. The number of carbonyl (C=O) groups excluding carboxylic acids is 1. The maximum atomic E-state index is 13.6. The third-order valence-electron chi connectivity index (χ3n) is 12.6. The highest BCUT2D eigenvalue weighted by molar-refractivity contribution is 5.82. The van der Waals surface area contributed by atoms with E-state index in [2.05, 4.69) is 33.0 Å². The molecular formula is C29H44F3NO3. The summed E-state index contributed by atoms with van der Waals surface area (Å²) in [4.78, 5) is 12.4. The molecule has 4 saturated carbocycles. The molecule has 36 heavy (non-hydrogen) atoms. The Morgan fingerprint density at radius 2 is 1.75 bits per heavy atom. The number of hydrogen-bond donors (Lipinski definition) is 1. The van der Waals surface area contributed by atoms with Crippen LogP contribution in [0.25, 0.3) is 0 Å². The Hall–Kier alpha value is -0.820. The quantitative estimate of drug-likeness (QED) is 0.438. The second kappa shape index (κ2) is 8.34. The second-order valence-electron chi connectivity index (χ2n) is 14.0. The molecular weight excluding hydrogens is 467 g/mol. The van der Waals surface area contributed by atoms with Crippen molar-refractivity contribution in [3.63, 3.8) is 0 Å². The van der Waals surface area contributed by atoms with E-state index in [-0.39, 0.29) is 29.3 Å². The van der Waals surface area contributed by atoms with Crippen LogP contribution < -0.4 is 5.32 Å². The molecule has 2 saturated heterocycles. The predicted octanol–water partition coefficient (Wildman–Crippen LogP) is 6.48. The van der Waals surface area contributed by atoms with Crippen molar-refractivity contribution < 1.29 is 27.4 Å². The van der Waals surface area contributed by atoms with Crippen molar-refractivity contribution in [1.82, 2.24) is 5.32 Å². The SMILES string of the molecule is C[C@@H]1CC[C@@]2(OC1)O[C@H]1C[C@H]3[C@@H]4CC[C@H]5CCCC[C@]5(C)[C@H]4CC(NC(=O)C(F)(F)F)[C@]3(C)[C@H]1[C@@H]2C.